The first-order valence-corrected chi connectivity index (χ1v) is 4.54. The Balaban J connectivity index is -0.000000173. The van der Waals surface area contributed by atoms with Crippen molar-refractivity contribution in [3.63, 3.8) is 0 Å². The molecule has 6 heteroatoms. The van der Waals surface area contributed by atoms with E-state index in [9.17, 15) is 8.42 Å². The Morgan fingerprint density at radius 2 is 2.00 bits per heavy atom. The molecule has 0 aliphatic rings. The van der Waals surface area contributed by atoms with Gasteiger partial charge in [0.15, 0.2) is 0 Å². The zero-order chi connectivity index (χ0) is 10.2. The van der Waals surface area contributed by atoms with Crippen LogP contribution in [-0.2, 0) is 10.1 Å². The van der Waals surface area contributed by atoms with Crippen molar-refractivity contribution in [1.29, 1.82) is 5.26 Å². The SMILES string of the molecule is C=C(C)CS(=O)(=O)O.C=CC#N.[NaH]. The van der Waals surface area contributed by atoms with Crippen molar-refractivity contribution in [3.05, 3.63) is 24.8 Å². The van der Waals surface area contributed by atoms with Crippen LogP contribution >= 0.6 is 0 Å². The van der Waals surface area contributed by atoms with Gasteiger partial charge >= 0.3 is 29.6 Å². The van der Waals surface area contributed by atoms with Crippen LogP contribution < -0.4 is 0 Å². The van der Waals surface area contributed by atoms with E-state index in [-0.39, 0.29) is 35.3 Å². The molecule has 0 rings (SSSR count). The van der Waals surface area contributed by atoms with E-state index < -0.39 is 10.1 Å². The molecule has 0 aromatic carbocycles. The zero-order valence-electron chi connectivity index (χ0n) is 6.82. The van der Waals surface area contributed by atoms with E-state index in [2.05, 4.69) is 13.2 Å². The van der Waals surface area contributed by atoms with Crippen LogP contribution in [0.1, 0.15) is 6.92 Å². The number of nitriles is 1. The fourth-order valence-corrected chi connectivity index (χ4v) is 0.934. The van der Waals surface area contributed by atoms with Crippen LogP contribution in [0.2, 0.25) is 0 Å². The average Bonchev–Trinajstić information content (AvgIpc) is 1.83. The zero-order valence-corrected chi connectivity index (χ0v) is 7.63. The molecule has 4 nitrogen and oxygen atoms in total. The predicted molar refractivity (Wildman–Crippen MR) is 54.2 cm³/mol. The van der Waals surface area contributed by atoms with Crippen molar-refractivity contribution in [1.82, 2.24) is 0 Å². The Morgan fingerprint density at radius 1 is 1.69 bits per heavy atom. The van der Waals surface area contributed by atoms with Crippen molar-refractivity contribution in [2.75, 3.05) is 5.75 Å². The number of nitrogens with zero attached hydrogens (tertiary/aromatic N) is 1. The molecule has 0 amide bonds. The normalized spacial score (nSPS) is 8.08. The molecule has 0 atom stereocenters. The third kappa shape index (κ3) is 33.5. The van der Waals surface area contributed by atoms with Crippen molar-refractivity contribution in [2.24, 2.45) is 0 Å². The van der Waals surface area contributed by atoms with Crippen LogP contribution in [0, 0.1) is 11.3 Å². The molecule has 13 heavy (non-hydrogen) atoms. The molecule has 70 valence electrons. The van der Waals surface area contributed by atoms with E-state index >= 15 is 0 Å². The van der Waals surface area contributed by atoms with Crippen LogP contribution in [0.5, 0.6) is 0 Å². The molecule has 0 aromatic rings. The number of hydrogen-bond acceptors (Lipinski definition) is 3. The summed E-state index contributed by atoms with van der Waals surface area (Å²) in [7, 11) is -3.82. The van der Waals surface area contributed by atoms with E-state index in [1.54, 1.807) is 6.07 Å². The average molecular weight is 213 g/mol. The van der Waals surface area contributed by atoms with Crippen molar-refractivity contribution >= 4 is 39.7 Å². The number of hydrogen-bond donors (Lipinski definition) is 1. The summed E-state index contributed by atoms with van der Waals surface area (Å²) in [6.45, 7) is 7.95. The van der Waals surface area contributed by atoms with E-state index in [1.165, 1.54) is 13.0 Å². The van der Waals surface area contributed by atoms with E-state index in [0.29, 0.717) is 5.57 Å². The van der Waals surface area contributed by atoms with Gasteiger partial charge in [-0.25, -0.2) is 0 Å². The maximum atomic E-state index is 9.94. The summed E-state index contributed by atoms with van der Waals surface area (Å²) in [4.78, 5) is 0. The van der Waals surface area contributed by atoms with Crippen LogP contribution in [-0.4, -0.2) is 48.3 Å². The summed E-state index contributed by atoms with van der Waals surface area (Å²) in [6.07, 6.45) is 1.18. The molecular formula is C7H12NNaO3S. The topological polar surface area (TPSA) is 78.2 Å². The van der Waals surface area contributed by atoms with Gasteiger partial charge in [-0.2, -0.15) is 13.7 Å². The Hall–Kier alpha value is -0.120. The summed E-state index contributed by atoms with van der Waals surface area (Å²) >= 11 is 0. The second-order valence-corrected chi connectivity index (χ2v) is 3.47. The molecule has 0 saturated heterocycles. The standard InChI is InChI=1S/C4H8O3S.C3H3N.Na.H/c1-4(2)3-8(5,6)7;1-2-3-4;;/h1,3H2,2H3,(H,5,6,7);2H,1H2;;. The van der Waals surface area contributed by atoms with Gasteiger partial charge in [-0.05, 0) is 6.92 Å². The number of rotatable bonds is 2. The van der Waals surface area contributed by atoms with Gasteiger partial charge in [0.1, 0.15) is 0 Å². The Labute approximate surface area is 101 Å². The van der Waals surface area contributed by atoms with Crippen molar-refractivity contribution < 1.29 is 13.0 Å². The minimum absolute atomic E-state index is 0. The monoisotopic (exact) mass is 213 g/mol. The maximum absolute atomic E-state index is 9.94. The molecule has 0 bridgehead atoms. The quantitative estimate of drug-likeness (QED) is 0.313. The number of allylic oxidation sites excluding steroid dienone is 1. The fourth-order valence-electron chi connectivity index (χ4n) is 0.311. The summed E-state index contributed by atoms with van der Waals surface area (Å²) in [6, 6.07) is 1.69. The molecule has 1 N–H and O–H groups in total. The third-order valence-electron chi connectivity index (χ3n) is 0.520. The molecule has 0 aliphatic carbocycles. The molecule has 0 aromatic heterocycles. The first kappa shape index (κ1) is 18.6. The van der Waals surface area contributed by atoms with Gasteiger partial charge in [0.25, 0.3) is 10.1 Å². The third-order valence-corrected chi connectivity index (χ3v) is 1.38. The second kappa shape index (κ2) is 9.96. The van der Waals surface area contributed by atoms with Crippen LogP contribution in [0.4, 0.5) is 0 Å². The molecule has 0 heterocycles. The van der Waals surface area contributed by atoms with Gasteiger partial charge in [-0.1, -0.05) is 18.7 Å². The predicted octanol–water partition coefficient (Wildman–Crippen LogP) is 0.498. The molecular weight excluding hydrogens is 201 g/mol. The Morgan fingerprint density at radius 3 is 2.00 bits per heavy atom. The molecule has 0 radical (unpaired) electrons. The fraction of sp³-hybridized carbons (Fsp3) is 0.286. The van der Waals surface area contributed by atoms with E-state index in [4.69, 9.17) is 9.81 Å². The van der Waals surface area contributed by atoms with Gasteiger partial charge < -0.3 is 0 Å². The van der Waals surface area contributed by atoms with E-state index in [1.807, 2.05) is 0 Å². The van der Waals surface area contributed by atoms with Gasteiger partial charge in [0.2, 0.25) is 0 Å². The molecule has 0 fully saturated rings. The summed E-state index contributed by atoms with van der Waals surface area (Å²) in [5.74, 6) is -0.340. The van der Waals surface area contributed by atoms with Gasteiger partial charge in [0, 0.05) is 6.08 Å². The Bertz CT molecular complexity index is 289. The van der Waals surface area contributed by atoms with Gasteiger partial charge in [0.05, 0.1) is 11.8 Å². The molecule has 0 aliphatic heterocycles. The van der Waals surface area contributed by atoms with Crippen molar-refractivity contribution in [2.45, 2.75) is 6.92 Å². The van der Waals surface area contributed by atoms with Crippen molar-refractivity contribution in [3.8, 4) is 6.07 Å². The Kier molecular flexibility index (Phi) is 14.3. The summed E-state index contributed by atoms with van der Waals surface area (Å²) in [5.41, 5.74) is 0.438. The molecule has 0 unspecified atom stereocenters. The first-order chi connectivity index (χ1) is 5.33. The second-order valence-electron chi connectivity index (χ2n) is 2.02. The first-order valence-electron chi connectivity index (χ1n) is 2.93. The van der Waals surface area contributed by atoms with Gasteiger partial charge in [-0.15, -0.1) is 0 Å². The van der Waals surface area contributed by atoms with Crippen LogP contribution in [0.15, 0.2) is 24.8 Å². The summed E-state index contributed by atoms with van der Waals surface area (Å²) in [5, 5.41) is 7.51. The summed E-state index contributed by atoms with van der Waals surface area (Å²) < 4.78 is 28.0. The molecule has 0 saturated carbocycles. The molecule has 0 spiro atoms. The van der Waals surface area contributed by atoms with Crippen LogP contribution in [0.3, 0.4) is 0 Å². The van der Waals surface area contributed by atoms with Crippen LogP contribution in [0.25, 0.3) is 0 Å². The van der Waals surface area contributed by atoms with Gasteiger partial charge in [-0.3, -0.25) is 4.55 Å². The minimum atomic E-state index is -3.82. The van der Waals surface area contributed by atoms with E-state index in [0.717, 1.165) is 0 Å².